The van der Waals surface area contributed by atoms with Crippen LogP contribution in [0.2, 0.25) is 0 Å². The van der Waals surface area contributed by atoms with Crippen LogP contribution in [-0.2, 0) is 0 Å². The molecule has 2 aromatic rings. The maximum atomic E-state index is 13.4. The highest BCUT2D eigenvalue weighted by Crippen LogP contribution is 2.15. The summed E-state index contributed by atoms with van der Waals surface area (Å²) in [6.07, 6.45) is 0. The van der Waals surface area contributed by atoms with Crippen molar-refractivity contribution in [2.24, 2.45) is 0 Å². The van der Waals surface area contributed by atoms with Crippen LogP contribution in [0.15, 0.2) is 36.4 Å². The summed E-state index contributed by atoms with van der Waals surface area (Å²) < 4.78 is 26.2. The second-order valence-corrected chi connectivity index (χ2v) is 4.52. The molecular weight excluding hydrogens is 262 g/mol. The number of rotatable bonds is 3. The number of halogens is 2. The minimum absolute atomic E-state index is 0.219. The van der Waals surface area contributed by atoms with E-state index in [1.165, 1.54) is 0 Å². The number of carbonyl (C=O) groups excluding carboxylic acids is 1. The maximum absolute atomic E-state index is 13.4. The Morgan fingerprint density at radius 3 is 2.45 bits per heavy atom. The third-order valence-corrected chi connectivity index (χ3v) is 2.87. The third kappa shape index (κ3) is 3.12. The molecule has 0 aliphatic carbocycles. The topological polar surface area (TPSA) is 41.1 Å². The van der Waals surface area contributed by atoms with Crippen molar-refractivity contribution >= 4 is 11.6 Å². The molecule has 0 aliphatic rings. The lowest BCUT2D eigenvalue weighted by Gasteiger charge is -2.11. The predicted molar refractivity (Wildman–Crippen MR) is 73.4 cm³/mol. The summed E-state index contributed by atoms with van der Waals surface area (Å²) in [5, 5.41) is 0. The first-order valence-electron chi connectivity index (χ1n) is 6.06. The van der Waals surface area contributed by atoms with Gasteiger partial charge in [0, 0.05) is 6.07 Å². The smallest absolute Gasteiger partial charge is 0.272 e. The van der Waals surface area contributed by atoms with Gasteiger partial charge in [-0.05, 0) is 37.6 Å². The van der Waals surface area contributed by atoms with E-state index < -0.39 is 17.5 Å². The molecule has 0 unspecified atom stereocenters. The summed E-state index contributed by atoms with van der Waals surface area (Å²) in [4.78, 5) is 11.8. The number of aryl methyl sites for hydroxylation is 2. The van der Waals surface area contributed by atoms with E-state index in [1.807, 2.05) is 32.0 Å². The molecule has 0 spiro atoms. The lowest BCUT2D eigenvalue weighted by molar-refractivity contribution is 0.0958. The van der Waals surface area contributed by atoms with Gasteiger partial charge in [0.15, 0.2) is 0 Å². The summed E-state index contributed by atoms with van der Waals surface area (Å²) in [5.74, 6) is -2.28. The Balaban J connectivity index is 2.08. The fourth-order valence-electron chi connectivity index (χ4n) is 1.82. The molecule has 0 heterocycles. The van der Waals surface area contributed by atoms with Gasteiger partial charge in [-0.25, -0.2) is 8.78 Å². The summed E-state index contributed by atoms with van der Waals surface area (Å²) in [5.41, 5.74) is 7.65. The van der Waals surface area contributed by atoms with Crippen molar-refractivity contribution in [2.75, 3.05) is 5.43 Å². The fraction of sp³-hybridized carbons (Fsp3) is 0.133. The third-order valence-electron chi connectivity index (χ3n) is 2.87. The normalized spacial score (nSPS) is 10.2. The van der Waals surface area contributed by atoms with Crippen molar-refractivity contribution in [2.45, 2.75) is 13.8 Å². The average molecular weight is 276 g/mol. The number of hydrazine groups is 1. The maximum Gasteiger partial charge on any atom is 0.272 e. The lowest BCUT2D eigenvalue weighted by atomic mass is 10.1. The Morgan fingerprint density at radius 2 is 1.80 bits per heavy atom. The SMILES string of the molecule is Cc1ccc(NNC(=O)c2ccc(F)cc2F)c(C)c1. The standard InChI is InChI=1S/C15H14F2N2O/c1-9-3-6-14(10(2)7-9)18-19-15(20)12-5-4-11(16)8-13(12)17/h3-8,18H,1-2H3,(H,19,20). The van der Waals surface area contributed by atoms with E-state index >= 15 is 0 Å². The minimum Gasteiger partial charge on any atom is -0.298 e. The van der Waals surface area contributed by atoms with Crippen molar-refractivity contribution in [1.82, 2.24) is 5.43 Å². The zero-order chi connectivity index (χ0) is 14.7. The van der Waals surface area contributed by atoms with E-state index in [9.17, 15) is 13.6 Å². The van der Waals surface area contributed by atoms with E-state index in [0.717, 1.165) is 23.3 Å². The van der Waals surface area contributed by atoms with E-state index in [0.29, 0.717) is 11.8 Å². The monoisotopic (exact) mass is 276 g/mol. The van der Waals surface area contributed by atoms with Gasteiger partial charge in [-0.3, -0.25) is 15.6 Å². The zero-order valence-electron chi connectivity index (χ0n) is 11.1. The van der Waals surface area contributed by atoms with E-state index in [4.69, 9.17) is 0 Å². The molecule has 5 heteroatoms. The van der Waals surface area contributed by atoms with Gasteiger partial charge < -0.3 is 0 Å². The Morgan fingerprint density at radius 1 is 1.05 bits per heavy atom. The van der Waals surface area contributed by atoms with Gasteiger partial charge >= 0.3 is 0 Å². The number of nitrogens with one attached hydrogen (secondary N) is 2. The largest absolute Gasteiger partial charge is 0.298 e. The van der Waals surface area contributed by atoms with Gasteiger partial charge in [0.2, 0.25) is 0 Å². The van der Waals surface area contributed by atoms with E-state index in [-0.39, 0.29) is 5.56 Å². The molecule has 0 fully saturated rings. The molecule has 3 nitrogen and oxygen atoms in total. The Hall–Kier alpha value is -2.43. The molecule has 2 aromatic carbocycles. The van der Waals surface area contributed by atoms with Crippen LogP contribution in [-0.4, -0.2) is 5.91 Å². The molecule has 104 valence electrons. The molecule has 0 saturated heterocycles. The van der Waals surface area contributed by atoms with Crippen LogP contribution in [0, 0.1) is 25.5 Å². The van der Waals surface area contributed by atoms with Gasteiger partial charge in [-0.15, -0.1) is 0 Å². The first kappa shape index (κ1) is 14.0. The van der Waals surface area contributed by atoms with Crippen molar-refractivity contribution in [3.05, 3.63) is 64.7 Å². The molecular formula is C15H14F2N2O. The molecule has 1 amide bonds. The van der Waals surface area contributed by atoms with Crippen LogP contribution in [0.1, 0.15) is 21.5 Å². The molecule has 2 N–H and O–H groups in total. The molecule has 0 atom stereocenters. The van der Waals surface area contributed by atoms with Gasteiger partial charge in [-0.2, -0.15) is 0 Å². The van der Waals surface area contributed by atoms with Gasteiger partial charge in [0.05, 0.1) is 11.3 Å². The second-order valence-electron chi connectivity index (χ2n) is 4.52. The van der Waals surface area contributed by atoms with Crippen LogP contribution >= 0.6 is 0 Å². The lowest BCUT2D eigenvalue weighted by Crippen LogP contribution is -2.30. The number of hydrogen-bond acceptors (Lipinski definition) is 2. The molecule has 20 heavy (non-hydrogen) atoms. The number of anilines is 1. The quantitative estimate of drug-likeness (QED) is 0.844. The molecule has 2 rings (SSSR count). The first-order chi connectivity index (χ1) is 9.47. The van der Waals surface area contributed by atoms with E-state index in [2.05, 4.69) is 10.9 Å². The number of benzene rings is 2. The Labute approximate surface area is 115 Å². The predicted octanol–water partition coefficient (Wildman–Crippen LogP) is 3.34. The fourth-order valence-corrected chi connectivity index (χ4v) is 1.82. The summed E-state index contributed by atoms with van der Waals surface area (Å²) >= 11 is 0. The van der Waals surface area contributed by atoms with Crippen LogP contribution in [0.4, 0.5) is 14.5 Å². The zero-order valence-corrected chi connectivity index (χ0v) is 11.1. The summed E-state index contributed by atoms with van der Waals surface area (Å²) in [7, 11) is 0. The molecule has 0 saturated carbocycles. The summed E-state index contributed by atoms with van der Waals surface area (Å²) in [6, 6.07) is 8.46. The van der Waals surface area contributed by atoms with Crippen molar-refractivity contribution in [1.29, 1.82) is 0 Å². The van der Waals surface area contributed by atoms with Crippen LogP contribution in [0.5, 0.6) is 0 Å². The van der Waals surface area contributed by atoms with Crippen molar-refractivity contribution in [3.8, 4) is 0 Å². The second kappa shape index (κ2) is 5.69. The highest BCUT2D eigenvalue weighted by atomic mass is 19.1. The van der Waals surface area contributed by atoms with Gasteiger partial charge in [0.1, 0.15) is 11.6 Å². The van der Waals surface area contributed by atoms with Crippen molar-refractivity contribution < 1.29 is 13.6 Å². The Kier molecular flexibility index (Phi) is 3.98. The molecule has 0 bridgehead atoms. The highest BCUT2D eigenvalue weighted by molar-refractivity contribution is 5.95. The van der Waals surface area contributed by atoms with E-state index in [1.54, 1.807) is 0 Å². The highest BCUT2D eigenvalue weighted by Gasteiger charge is 2.12. The average Bonchev–Trinajstić information content (AvgIpc) is 2.37. The van der Waals surface area contributed by atoms with Crippen LogP contribution in [0.25, 0.3) is 0 Å². The van der Waals surface area contributed by atoms with Crippen molar-refractivity contribution in [3.63, 3.8) is 0 Å². The number of hydrogen-bond donors (Lipinski definition) is 2. The van der Waals surface area contributed by atoms with Gasteiger partial charge in [0.25, 0.3) is 5.91 Å². The van der Waals surface area contributed by atoms with Crippen LogP contribution < -0.4 is 10.9 Å². The number of carbonyl (C=O) groups is 1. The molecule has 0 aliphatic heterocycles. The number of amides is 1. The van der Waals surface area contributed by atoms with Gasteiger partial charge in [-0.1, -0.05) is 17.7 Å². The van der Waals surface area contributed by atoms with Crippen LogP contribution in [0.3, 0.4) is 0 Å². The summed E-state index contributed by atoms with van der Waals surface area (Å²) in [6.45, 7) is 3.85. The first-order valence-corrected chi connectivity index (χ1v) is 6.06. The Bertz CT molecular complexity index is 656. The minimum atomic E-state index is -0.898. The molecule has 0 aromatic heterocycles. The molecule has 0 radical (unpaired) electrons.